The van der Waals surface area contributed by atoms with E-state index in [1.54, 1.807) is 12.1 Å². The molecule has 4 saturated heterocycles. The standard InChI is InChI=1S/C30H30ClFN6O/c1-36-13-30(14-36)15-38(16-30)29-34-27-23(28(35-29)37-11-18-6-7-19(12-37)33-18)10-24(31)25(26(27)32)22-9-20(39)8-17-4-2-3-5-21(17)22/h2-5,8-10,18-19,33,39H,6-7,11-16H2,1H3. The van der Waals surface area contributed by atoms with E-state index in [1.165, 1.54) is 0 Å². The van der Waals surface area contributed by atoms with Crippen molar-refractivity contribution in [2.45, 2.75) is 24.9 Å². The zero-order valence-electron chi connectivity index (χ0n) is 21.8. The molecule has 0 aliphatic carbocycles. The van der Waals surface area contributed by atoms with Gasteiger partial charge in [-0.25, -0.2) is 9.37 Å². The van der Waals surface area contributed by atoms with Gasteiger partial charge in [-0.3, -0.25) is 0 Å². The highest BCUT2D eigenvalue weighted by Crippen LogP contribution is 2.45. The second kappa shape index (κ2) is 8.40. The second-order valence-corrected chi connectivity index (χ2v) is 12.5. The van der Waals surface area contributed by atoms with Gasteiger partial charge in [0.1, 0.15) is 17.1 Å². The van der Waals surface area contributed by atoms with Gasteiger partial charge in [0, 0.05) is 67.7 Å². The summed E-state index contributed by atoms with van der Waals surface area (Å²) in [5.41, 5.74) is 1.38. The molecule has 8 rings (SSSR count). The first-order valence-corrected chi connectivity index (χ1v) is 14.1. The number of benzene rings is 3. The van der Waals surface area contributed by atoms with E-state index in [-0.39, 0.29) is 21.9 Å². The van der Waals surface area contributed by atoms with Gasteiger partial charge in [-0.1, -0.05) is 35.9 Å². The smallest absolute Gasteiger partial charge is 0.228 e. The number of anilines is 2. The number of piperazine rings is 1. The van der Waals surface area contributed by atoms with Crippen LogP contribution in [-0.2, 0) is 0 Å². The minimum atomic E-state index is -0.477. The number of rotatable bonds is 3. The van der Waals surface area contributed by atoms with E-state index < -0.39 is 5.82 Å². The summed E-state index contributed by atoms with van der Waals surface area (Å²) in [6.45, 7) is 5.57. The van der Waals surface area contributed by atoms with E-state index in [1.807, 2.05) is 30.3 Å². The summed E-state index contributed by atoms with van der Waals surface area (Å²) < 4.78 is 16.7. The molecule has 0 amide bonds. The van der Waals surface area contributed by atoms with Gasteiger partial charge in [-0.15, -0.1) is 0 Å². The Bertz CT molecular complexity index is 1640. The van der Waals surface area contributed by atoms with Crippen LogP contribution >= 0.6 is 11.6 Å². The molecule has 9 heteroatoms. The number of likely N-dealkylation sites (tertiary alicyclic amines) is 1. The zero-order valence-corrected chi connectivity index (χ0v) is 22.5. The summed E-state index contributed by atoms with van der Waals surface area (Å²) in [4.78, 5) is 16.7. The molecule has 4 aromatic rings. The monoisotopic (exact) mass is 544 g/mol. The topological polar surface area (TPSA) is 67.8 Å². The number of aromatic hydroxyl groups is 1. The van der Waals surface area contributed by atoms with Crippen LogP contribution in [0.3, 0.4) is 0 Å². The van der Waals surface area contributed by atoms with Crippen LogP contribution in [0, 0.1) is 11.2 Å². The minimum absolute atomic E-state index is 0.0657. The summed E-state index contributed by atoms with van der Waals surface area (Å²) in [6.07, 6.45) is 2.28. The fourth-order valence-corrected chi connectivity index (χ4v) is 7.77. The SMILES string of the molecule is CN1CC2(C1)CN(c1nc(N3CC4CCC(C3)N4)c3cc(Cl)c(-c4cc(O)cc5ccccc45)c(F)c3n1)C2. The molecule has 5 heterocycles. The van der Waals surface area contributed by atoms with Crippen LogP contribution in [0.15, 0.2) is 42.5 Å². The predicted octanol–water partition coefficient (Wildman–Crippen LogP) is 4.64. The molecule has 1 spiro atoms. The first-order valence-electron chi connectivity index (χ1n) is 13.7. The van der Waals surface area contributed by atoms with E-state index in [0.717, 1.165) is 68.7 Å². The Morgan fingerprint density at radius 3 is 2.46 bits per heavy atom. The normalized spacial score (nSPS) is 24.0. The Hall–Kier alpha value is -3.20. The maximum absolute atomic E-state index is 16.7. The van der Waals surface area contributed by atoms with Crippen molar-refractivity contribution in [2.75, 3.05) is 56.1 Å². The lowest BCUT2D eigenvalue weighted by Crippen LogP contribution is -2.71. The van der Waals surface area contributed by atoms with Gasteiger partial charge in [0.05, 0.1) is 5.02 Å². The molecule has 3 aromatic carbocycles. The van der Waals surface area contributed by atoms with Crippen molar-refractivity contribution >= 4 is 45.0 Å². The van der Waals surface area contributed by atoms with Crippen LogP contribution in [0.25, 0.3) is 32.8 Å². The van der Waals surface area contributed by atoms with Gasteiger partial charge in [0.15, 0.2) is 5.82 Å². The summed E-state index contributed by atoms with van der Waals surface area (Å²) >= 11 is 6.87. The molecule has 4 aliphatic rings. The lowest BCUT2D eigenvalue weighted by atomic mass is 9.73. The Morgan fingerprint density at radius 1 is 0.974 bits per heavy atom. The maximum atomic E-state index is 16.7. The molecule has 7 nitrogen and oxygen atoms in total. The van der Waals surface area contributed by atoms with Crippen molar-refractivity contribution in [1.82, 2.24) is 20.2 Å². The average Bonchev–Trinajstić information content (AvgIpc) is 3.22. The van der Waals surface area contributed by atoms with Gasteiger partial charge < -0.3 is 25.1 Å². The van der Waals surface area contributed by atoms with Gasteiger partial charge in [-0.05, 0) is 54.4 Å². The van der Waals surface area contributed by atoms with Gasteiger partial charge >= 0.3 is 0 Å². The number of fused-ring (bicyclic) bond motifs is 4. The molecule has 39 heavy (non-hydrogen) atoms. The average molecular weight is 545 g/mol. The van der Waals surface area contributed by atoms with Gasteiger partial charge in [-0.2, -0.15) is 4.98 Å². The molecule has 4 aliphatic heterocycles. The molecule has 0 saturated carbocycles. The highest BCUT2D eigenvalue weighted by Gasteiger charge is 2.51. The van der Waals surface area contributed by atoms with E-state index in [2.05, 4.69) is 27.1 Å². The molecule has 2 N–H and O–H groups in total. The third-order valence-electron chi connectivity index (χ3n) is 9.03. The van der Waals surface area contributed by atoms with Crippen molar-refractivity contribution in [1.29, 1.82) is 0 Å². The summed E-state index contributed by atoms with van der Waals surface area (Å²) in [7, 11) is 2.14. The number of nitrogens with one attached hydrogen (secondary N) is 1. The summed E-state index contributed by atoms with van der Waals surface area (Å²) in [6, 6.07) is 13.5. The molecule has 2 atom stereocenters. The van der Waals surface area contributed by atoms with E-state index >= 15 is 4.39 Å². The number of phenolic OH excluding ortho intramolecular Hbond substituents is 1. The fourth-order valence-electron chi connectivity index (χ4n) is 7.47. The zero-order chi connectivity index (χ0) is 26.5. The lowest BCUT2D eigenvalue weighted by Gasteiger charge is -2.59. The largest absolute Gasteiger partial charge is 0.508 e. The van der Waals surface area contributed by atoms with Crippen LogP contribution in [0.4, 0.5) is 16.2 Å². The number of hydrogen-bond donors (Lipinski definition) is 2. The first kappa shape index (κ1) is 23.7. The Kier molecular flexibility index (Phi) is 5.10. The third kappa shape index (κ3) is 3.68. The van der Waals surface area contributed by atoms with Crippen molar-refractivity contribution < 1.29 is 9.50 Å². The number of aromatic nitrogens is 2. The fraction of sp³-hybridized carbons (Fsp3) is 0.400. The highest BCUT2D eigenvalue weighted by atomic mass is 35.5. The molecular formula is C30H30ClFN6O. The quantitative estimate of drug-likeness (QED) is 0.389. The number of nitrogens with zero attached hydrogens (tertiary/aromatic N) is 5. The molecule has 2 unspecified atom stereocenters. The minimum Gasteiger partial charge on any atom is -0.508 e. The second-order valence-electron chi connectivity index (χ2n) is 12.1. The van der Waals surface area contributed by atoms with Gasteiger partial charge in [0.25, 0.3) is 0 Å². The molecule has 0 radical (unpaired) electrons. The molecule has 1 aromatic heterocycles. The lowest BCUT2D eigenvalue weighted by molar-refractivity contribution is -0.00320. The Balaban J connectivity index is 1.31. The molecule has 200 valence electrons. The molecule has 4 fully saturated rings. The summed E-state index contributed by atoms with van der Waals surface area (Å²) in [5.74, 6) is 0.926. The molecule has 2 bridgehead atoms. The Labute approximate surface area is 231 Å². The Morgan fingerprint density at radius 2 is 1.72 bits per heavy atom. The highest BCUT2D eigenvalue weighted by molar-refractivity contribution is 6.35. The van der Waals surface area contributed by atoms with E-state index in [4.69, 9.17) is 21.6 Å². The van der Waals surface area contributed by atoms with Crippen LogP contribution < -0.4 is 15.1 Å². The van der Waals surface area contributed by atoms with E-state index in [0.29, 0.717) is 34.4 Å². The third-order valence-corrected chi connectivity index (χ3v) is 9.33. The number of phenols is 1. The van der Waals surface area contributed by atoms with Crippen LogP contribution in [0.2, 0.25) is 5.02 Å². The van der Waals surface area contributed by atoms with Gasteiger partial charge in [0.2, 0.25) is 5.95 Å². The van der Waals surface area contributed by atoms with Crippen molar-refractivity contribution in [2.24, 2.45) is 5.41 Å². The van der Waals surface area contributed by atoms with Crippen LogP contribution in [-0.4, -0.2) is 78.4 Å². The predicted molar refractivity (Wildman–Crippen MR) is 153 cm³/mol. The number of halogens is 2. The first-order chi connectivity index (χ1) is 18.9. The molecular weight excluding hydrogens is 515 g/mol. The maximum Gasteiger partial charge on any atom is 0.228 e. The van der Waals surface area contributed by atoms with Crippen molar-refractivity contribution in [3.8, 4) is 16.9 Å². The van der Waals surface area contributed by atoms with Crippen molar-refractivity contribution in [3.05, 3.63) is 53.3 Å². The van der Waals surface area contributed by atoms with E-state index in [9.17, 15) is 5.11 Å². The summed E-state index contributed by atoms with van der Waals surface area (Å²) in [5, 5.41) is 16.7. The van der Waals surface area contributed by atoms with Crippen LogP contribution in [0.1, 0.15) is 12.8 Å². The van der Waals surface area contributed by atoms with Crippen molar-refractivity contribution in [3.63, 3.8) is 0 Å². The number of hydrogen-bond acceptors (Lipinski definition) is 7. The van der Waals surface area contributed by atoms with Crippen LogP contribution in [0.5, 0.6) is 5.75 Å².